The highest BCUT2D eigenvalue weighted by Crippen LogP contribution is 2.29. The monoisotopic (exact) mass is 321 g/mol. The molecule has 0 atom stereocenters. The number of phenols is 1. The van der Waals surface area contributed by atoms with E-state index >= 15 is 0 Å². The maximum Gasteiger partial charge on any atom is 0.322 e. The molecule has 0 unspecified atom stereocenters. The lowest BCUT2D eigenvalue weighted by Gasteiger charge is -2.07. The molecule has 11 heteroatoms. The van der Waals surface area contributed by atoms with Crippen LogP contribution in [0.5, 0.6) is 5.75 Å². The number of aromatic hydroxyl groups is 1. The molecule has 1 aromatic carbocycles. The lowest BCUT2D eigenvalue weighted by atomic mass is 10.2. The second-order valence-corrected chi connectivity index (χ2v) is 4.58. The predicted octanol–water partition coefficient (Wildman–Crippen LogP) is 1.50. The van der Waals surface area contributed by atoms with E-state index in [4.69, 9.17) is 0 Å². The van der Waals surface area contributed by atoms with Crippen LogP contribution in [0.1, 0.15) is 16.2 Å². The highest BCUT2D eigenvalue weighted by molar-refractivity contribution is 6.06. The first kappa shape index (κ1) is 15.9. The number of carbonyl (C=O) groups is 1. The van der Waals surface area contributed by atoms with Crippen LogP contribution in [0.2, 0.25) is 0 Å². The third-order valence-electron chi connectivity index (χ3n) is 3.03. The zero-order valence-electron chi connectivity index (χ0n) is 12.0. The van der Waals surface area contributed by atoms with Gasteiger partial charge in [-0.25, -0.2) is 0 Å². The normalized spacial score (nSPS) is 10.3. The average Bonchev–Trinajstić information content (AvgIpc) is 2.75. The molecule has 120 valence electrons. The van der Waals surface area contributed by atoms with Gasteiger partial charge in [0.25, 0.3) is 11.6 Å². The van der Waals surface area contributed by atoms with Crippen LogP contribution >= 0.6 is 0 Å². The van der Waals surface area contributed by atoms with Crippen LogP contribution in [0.15, 0.2) is 18.2 Å². The van der Waals surface area contributed by atoms with Crippen molar-refractivity contribution in [2.45, 2.75) is 6.92 Å². The number of nitrogens with zero attached hydrogens (tertiary/aromatic N) is 4. The van der Waals surface area contributed by atoms with Gasteiger partial charge in [-0.1, -0.05) is 0 Å². The van der Waals surface area contributed by atoms with Crippen LogP contribution in [0, 0.1) is 27.2 Å². The molecular weight excluding hydrogens is 310 g/mol. The van der Waals surface area contributed by atoms with Crippen molar-refractivity contribution in [2.24, 2.45) is 7.05 Å². The lowest BCUT2D eigenvalue weighted by molar-refractivity contribution is -0.385. The molecule has 0 radical (unpaired) electrons. The van der Waals surface area contributed by atoms with E-state index < -0.39 is 27.2 Å². The van der Waals surface area contributed by atoms with Crippen LogP contribution < -0.4 is 5.32 Å². The van der Waals surface area contributed by atoms with Gasteiger partial charge < -0.3 is 10.4 Å². The molecule has 0 bridgehead atoms. The fourth-order valence-corrected chi connectivity index (χ4v) is 2.04. The Morgan fingerprint density at radius 3 is 2.48 bits per heavy atom. The first-order chi connectivity index (χ1) is 10.7. The summed E-state index contributed by atoms with van der Waals surface area (Å²) in [6.07, 6.45) is 0. The number of anilines is 1. The summed E-state index contributed by atoms with van der Waals surface area (Å²) in [5, 5.41) is 37.4. The van der Waals surface area contributed by atoms with Gasteiger partial charge in [0, 0.05) is 13.1 Å². The summed E-state index contributed by atoms with van der Waals surface area (Å²) in [4.78, 5) is 32.4. The zero-order valence-corrected chi connectivity index (χ0v) is 12.0. The van der Waals surface area contributed by atoms with Crippen molar-refractivity contribution in [2.75, 3.05) is 5.32 Å². The number of hydrogen-bond donors (Lipinski definition) is 2. The van der Waals surface area contributed by atoms with Gasteiger partial charge in [0.2, 0.25) is 5.69 Å². The number of phenolic OH excluding ortho intramolecular Hbond substituents is 1. The third kappa shape index (κ3) is 2.92. The topological polar surface area (TPSA) is 153 Å². The molecule has 2 aromatic rings. The second-order valence-electron chi connectivity index (χ2n) is 4.58. The molecule has 0 saturated heterocycles. The molecule has 2 N–H and O–H groups in total. The number of nitro benzene ring substituents is 1. The Morgan fingerprint density at radius 1 is 1.30 bits per heavy atom. The summed E-state index contributed by atoms with van der Waals surface area (Å²) in [6, 6.07) is 3.07. The van der Waals surface area contributed by atoms with E-state index in [2.05, 4.69) is 10.4 Å². The molecule has 0 aliphatic carbocycles. The Balaban J connectivity index is 2.37. The number of nitrogens with one attached hydrogen (secondary N) is 1. The number of non-ortho nitro benzene ring substituents is 1. The number of hydrogen-bond acceptors (Lipinski definition) is 7. The summed E-state index contributed by atoms with van der Waals surface area (Å²) in [5.74, 6) is -1.40. The lowest BCUT2D eigenvalue weighted by Crippen LogP contribution is -2.17. The van der Waals surface area contributed by atoms with E-state index in [0.717, 1.165) is 22.9 Å². The number of rotatable bonds is 4. The minimum atomic E-state index is -0.871. The van der Waals surface area contributed by atoms with Crippen molar-refractivity contribution in [1.82, 2.24) is 9.78 Å². The van der Waals surface area contributed by atoms with E-state index in [9.17, 15) is 30.1 Å². The predicted molar refractivity (Wildman–Crippen MR) is 77.3 cm³/mol. The maximum atomic E-state index is 12.2. The molecule has 1 aromatic heterocycles. The molecule has 0 spiro atoms. The van der Waals surface area contributed by atoms with Crippen LogP contribution in [-0.4, -0.2) is 30.6 Å². The maximum absolute atomic E-state index is 12.2. The van der Waals surface area contributed by atoms with Gasteiger partial charge in [0.15, 0.2) is 0 Å². The van der Waals surface area contributed by atoms with Gasteiger partial charge in [0.05, 0.1) is 21.6 Å². The summed E-state index contributed by atoms with van der Waals surface area (Å²) in [7, 11) is 1.37. The molecular formula is C12H11N5O6. The smallest absolute Gasteiger partial charge is 0.322 e. The number of carbonyl (C=O) groups excluding carboxylic acids is 1. The van der Waals surface area contributed by atoms with Crippen molar-refractivity contribution in [3.63, 3.8) is 0 Å². The van der Waals surface area contributed by atoms with E-state index in [0.29, 0.717) is 0 Å². The van der Waals surface area contributed by atoms with Crippen molar-refractivity contribution >= 4 is 23.0 Å². The van der Waals surface area contributed by atoms with E-state index in [1.807, 2.05) is 0 Å². The second kappa shape index (κ2) is 5.71. The molecule has 1 amide bonds. The number of aryl methyl sites for hydroxylation is 2. The summed E-state index contributed by atoms with van der Waals surface area (Å²) >= 11 is 0. The fourth-order valence-electron chi connectivity index (χ4n) is 2.04. The van der Waals surface area contributed by atoms with Crippen molar-refractivity contribution in [1.29, 1.82) is 0 Å². The molecule has 23 heavy (non-hydrogen) atoms. The quantitative estimate of drug-likeness (QED) is 0.491. The Morgan fingerprint density at radius 2 is 1.96 bits per heavy atom. The van der Waals surface area contributed by atoms with Crippen LogP contribution in [-0.2, 0) is 7.05 Å². The average molecular weight is 321 g/mol. The SMILES string of the molecule is Cc1nn(C)c(C(=O)Nc2ccc([N+](=O)[O-])cc2O)c1[N+](=O)[O-]. The van der Waals surface area contributed by atoms with Gasteiger partial charge in [-0.2, -0.15) is 5.10 Å². The summed E-state index contributed by atoms with van der Waals surface area (Å²) in [6.45, 7) is 1.39. The van der Waals surface area contributed by atoms with Crippen LogP contribution in [0.3, 0.4) is 0 Å². The Kier molecular flexibility index (Phi) is 3.94. The van der Waals surface area contributed by atoms with Crippen molar-refractivity contribution < 1.29 is 19.7 Å². The van der Waals surface area contributed by atoms with Gasteiger partial charge >= 0.3 is 5.69 Å². The molecule has 1 heterocycles. The molecule has 2 rings (SSSR count). The largest absolute Gasteiger partial charge is 0.506 e. The number of benzene rings is 1. The number of nitro groups is 2. The molecule has 0 fully saturated rings. The van der Waals surface area contributed by atoms with Gasteiger partial charge in [-0.05, 0) is 13.0 Å². The molecule has 0 aliphatic rings. The first-order valence-electron chi connectivity index (χ1n) is 6.19. The number of aromatic nitrogens is 2. The molecule has 0 saturated carbocycles. The van der Waals surface area contributed by atoms with Crippen LogP contribution in [0.25, 0.3) is 0 Å². The minimum absolute atomic E-state index is 0.0653. The van der Waals surface area contributed by atoms with E-state index in [1.165, 1.54) is 14.0 Å². The van der Waals surface area contributed by atoms with Crippen LogP contribution in [0.4, 0.5) is 17.1 Å². The Hall–Kier alpha value is -3.50. The summed E-state index contributed by atoms with van der Waals surface area (Å²) < 4.78 is 1.05. The van der Waals surface area contributed by atoms with Gasteiger partial charge in [0.1, 0.15) is 11.4 Å². The standard InChI is InChI=1S/C12H11N5O6/c1-6-10(17(22)23)11(15(2)14-6)12(19)13-8-4-3-7(16(20)21)5-9(8)18/h3-5,18H,1-2H3,(H,13,19). The van der Waals surface area contributed by atoms with E-state index in [-0.39, 0.29) is 22.8 Å². The Labute approximate surface area is 128 Å². The van der Waals surface area contributed by atoms with Gasteiger partial charge in [-0.15, -0.1) is 0 Å². The van der Waals surface area contributed by atoms with E-state index in [1.54, 1.807) is 0 Å². The highest BCUT2D eigenvalue weighted by Gasteiger charge is 2.29. The summed E-state index contributed by atoms with van der Waals surface area (Å²) in [5.41, 5.74) is -1.16. The first-order valence-corrected chi connectivity index (χ1v) is 6.19. The zero-order chi connectivity index (χ0) is 17.3. The fraction of sp³-hybridized carbons (Fsp3) is 0.167. The Bertz CT molecular complexity index is 828. The van der Waals surface area contributed by atoms with Crippen molar-refractivity contribution in [3.05, 3.63) is 49.8 Å². The third-order valence-corrected chi connectivity index (χ3v) is 3.03. The minimum Gasteiger partial charge on any atom is -0.506 e. The number of amides is 1. The van der Waals surface area contributed by atoms with Gasteiger partial charge in [-0.3, -0.25) is 29.7 Å². The van der Waals surface area contributed by atoms with Crippen molar-refractivity contribution in [3.8, 4) is 5.75 Å². The molecule has 0 aliphatic heterocycles. The highest BCUT2D eigenvalue weighted by atomic mass is 16.6. The molecule has 11 nitrogen and oxygen atoms in total.